The standard InChI is InChI=1S/C16H21ClN2O3/c1-12-6-8-19(9-7-12)16(21)10-18-15(20)11-22-14-4-2-13(17)3-5-14/h2-5,12H,6-11H2,1H3,(H,18,20). The molecule has 1 heterocycles. The van der Waals surface area contributed by atoms with Gasteiger partial charge in [0, 0.05) is 18.1 Å². The van der Waals surface area contributed by atoms with Crippen LogP contribution in [0, 0.1) is 5.92 Å². The Hall–Kier alpha value is -1.75. The Morgan fingerprint density at radius 2 is 1.91 bits per heavy atom. The third-order valence-corrected chi connectivity index (χ3v) is 4.01. The fourth-order valence-corrected chi connectivity index (χ4v) is 2.40. The van der Waals surface area contributed by atoms with E-state index in [1.807, 2.05) is 0 Å². The third kappa shape index (κ3) is 5.22. The summed E-state index contributed by atoms with van der Waals surface area (Å²) < 4.78 is 5.32. The minimum absolute atomic E-state index is 0.0250. The molecule has 1 saturated heterocycles. The van der Waals surface area contributed by atoms with Crippen molar-refractivity contribution in [3.63, 3.8) is 0 Å². The maximum atomic E-state index is 12.0. The van der Waals surface area contributed by atoms with E-state index in [2.05, 4.69) is 12.2 Å². The lowest BCUT2D eigenvalue weighted by Gasteiger charge is -2.30. The van der Waals surface area contributed by atoms with Crippen LogP contribution < -0.4 is 10.1 Å². The van der Waals surface area contributed by atoms with Crippen molar-refractivity contribution in [2.45, 2.75) is 19.8 Å². The van der Waals surface area contributed by atoms with Gasteiger partial charge in [-0.25, -0.2) is 0 Å². The fraction of sp³-hybridized carbons (Fsp3) is 0.500. The van der Waals surface area contributed by atoms with Crippen LogP contribution in [0.5, 0.6) is 5.75 Å². The molecule has 0 aromatic heterocycles. The van der Waals surface area contributed by atoms with E-state index in [4.69, 9.17) is 16.3 Å². The zero-order valence-electron chi connectivity index (χ0n) is 12.7. The van der Waals surface area contributed by atoms with Crippen molar-refractivity contribution in [3.05, 3.63) is 29.3 Å². The average molecular weight is 325 g/mol. The molecule has 2 amide bonds. The number of nitrogens with zero attached hydrogens (tertiary/aromatic N) is 1. The second-order valence-electron chi connectivity index (χ2n) is 5.58. The van der Waals surface area contributed by atoms with Crippen LogP contribution in [0.15, 0.2) is 24.3 Å². The molecule has 1 aromatic rings. The Labute approximate surface area is 135 Å². The van der Waals surface area contributed by atoms with Crippen LogP contribution in [0.1, 0.15) is 19.8 Å². The Kier molecular flexibility index (Phi) is 6.07. The van der Waals surface area contributed by atoms with Gasteiger partial charge in [-0.15, -0.1) is 0 Å². The number of rotatable bonds is 5. The molecule has 22 heavy (non-hydrogen) atoms. The van der Waals surface area contributed by atoms with E-state index >= 15 is 0 Å². The molecule has 5 nitrogen and oxygen atoms in total. The van der Waals surface area contributed by atoms with Crippen molar-refractivity contribution >= 4 is 23.4 Å². The first-order valence-corrected chi connectivity index (χ1v) is 7.85. The molecule has 120 valence electrons. The van der Waals surface area contributed by atoms with Crippen molar-refractivity contribution in [3.8, 4) is 5.75 Å². The number of likely N-dealkylation sites (tertiary alicyclic amines) is 1. The molecule has 6 heteroatoms. The Balaban J connectivity index is 1.66. The summed E-state index contributed by atoms with van der Waals surface area (Å²) in [6.45, 7) is 3.65. The van der Waals surface area contributed by atoms with Crippen molar-refractivity contribution < 1.29 is 14.3 Å². The number of hydrogen-bond donors (Lipinski definition) is 1. The number of benzene rings is 1. The topological polar surface area (TPSA) is 58.6 Å². The van der Waals surface area contributed by atoms with Crippen molar-refractivity contribution in [2.24, 2.45) is 5.92 Å². The maximum Gasteiger partial charge on any atom is 0.258 e. The predicted octanol–water partition coefficient (Wildman–Crippen LogP) is 2.09. The van der Waals surface area contributed by atoms with E-state index in [1.54, 1.807) is 29.2 Å². The monoisotopic (exact) mass is 324 g/mol. The first-order chi connectivity index (χ1) is 10.5. The minimum Gasteiger partial charge on any atom is -0.484 e. The number of amides is 2. The molecule has 1 aromatic carbocycles. The minimum atomic E-state index is -0.311. The first kappa shape index (κ1) is 16.6. The molecule has 0 unspecified atom stereocenters. The summed E-state index contributed by atoms with van der Waals surface area (Å²) in [6.07, 6.45) is 2.05. The third-order valence-electron chi connectivity index (χ3n) is 3.76. The first-order valence-electron chi connectivity index (χ1n) is 7.47. The zero-order valence-corrected chi connectivity index (χ0v) is 13.4. The van der Waals surface area contributed by atoms with Gasteiger partial charge in [0.1, 0.15) is 5.75 Å². The van der Waals surface area contributed by atoms with Gasteiger partial charge in [0.25, 0.3) is 5.91 Å². The van der Waals surface area contributed by atoms with E-state index in [1.165, 1.54) is 0 Å². The summed E-state index contributed by atoms with van der Waals surface area (Å²) in [5, 5.41) is 3.20. The van der Waals surface area contributed by atoms with Gasteiger partial charge in [0.15, 0.2) is 6.61 Å². The summed E-state index contributed by atoms with van der Waals surface area (Å²) in [5.41, 5.74) is 0. The number of hydrogen-bond acceptors (Lipinski definition) is 3. The van der Waals surface area contributed by atoms with Crippen molar-refractivity contribution in [2.75, 3.05) is 26.2 Å². The SMILES string of the molecule is CC1CCN(C(=O)CNC(=O)COc2ccc(Cl)cc2)CC1. The summed E-state index contributed by atoms with van der Waals surface area (Å²) in [6, 6.07) is 6.76. The molecule has 1 fully saturated rings. The highest BCUT2D eigenvalue weighted by atomic mass is 35.5. The number of carbonyl (C=O) groups excluding carboxylic acids is 2. The summed E-state index contributed by atoms with van der Waals surface area (Å²) in [4.78, 5) is 25.5. The quantitative estimate of drug-likeness (QED) is 0.902. The number of halogens is 1. The van der Waals surface area contributed by atoms with E-state index < -0.39 is 0 Å². The molecule has 2 rings (SSSR count). The summed E-state index contributed by atoms with van der Waals surface area (Å²) in [7, 11) is 0. The summed E-state index contributed by atoms with van der Waals surface area (Å²) >= 11 is 5.76. The molecule has 0 atom stereocenters. The molecule has 1 aliphatic heterocycles. The molecule has 0 saturated carbocycles. The van der Waals surface area contributed by atoms with E-state index in [-0.39, 0.29) is 25.0 Å². The van der Waals surface area contributed by atoms with Gasteiger partial charge in [0.05, 0.1) is 6.54 Å². The molecule has 0 radical (unpaired) electrons. The number of ether oxygens (including phenoxy) is 1. The van der Waals surface area contributed by atoms with Crippen LogP contribution in [-0.2, 0) is 9.59 Å². The van der Waals surface area contributed by atoms with Crippen molar-refractivity contribution in [1.82, 2.24) is 10.2 Å². The molecule has 1 N–H and O–H groups in total. The summed E-state index contributed by atoms with van der Waals surface area (Å²) in [5.74, 6) is 0.891. The van der Waals surface area contributed by atoms with Gasteiger partial charge in [-0.1, -0.05) is 18.5 Å². The van der Waals surface area contributed by atoms with Gasteiger partial charge >= 0.3 is 0 Å². The average Bonchev–Trinajstić information content (AvgIpc) is 2.52. The van der Waals surface area contributed by atoms with Gasteiger partial charge in [-0.3, -0.25) is 9.59 Å². The van der Waals surface area contributed by atoms with E-state index in [0.717, 1.165) is 25.9 Å². The predicted molar refractivity (Wildman–Crippen MR) is 84.9 cm³/mol. The van der Waals surface area contributed by atoms with Crippen LogP contribution in [-0.4, -0.2) is 43.0 Å². The van der Waals surface area contributed by atoms with Gasteiger partial charge < -0.3 is 15.0 Å². The smallest absolute Gasteiger partial charge is 0.258 e. The fourth-order valence-electron chi connectivity index (χ4n) is 2.27. The number of nitrogens with one attached hydrogen (secondary N) is 1. The van der Waals surface area contributed by atoms with Crippen LogP contribution >= 0.6 is 11.6 Å². The van der Waals surface area contributed by atoms with Crippen LogP contribution in [0.4, 0.5) is 0 Å². The highest BCUT2D eigenvalue weighted by Crippen LogP contribution is 2.16. The van der Waals surface area contributed by atoms with E-state index in [0.29, 0.717) is 16.7 Å². The highest BCUT2D eigenvalue weighted by molar-refractivity contribution is 6.30. The largest absolute Gasteiger partial charge is 0.484 e. The second kappa shape index (κ2) is 8.03. The van der Waals surface area contributed by atoms with Crippen LogP contribution in [0.25, 0.3) is 0 Å². The van der Waals surface area contributed by atoms with Gasteiger partial charge in [-0.2, -0.15) is 0 Å². The lowest BCUT2D eigenvalue weighted by Crippen LogP contribution is -2.44. The lowest BCUT2D eigenvalue weighted by atomic mass is 9.99. The number of piperidine rings is 1. The normalized spacial score (nSPS) is 15.5. The Morgan fingerprint density at radius 3 is 2.55 bits per heavy atom. The van der Waals surface area contributed by atoms with Gasteiger partial charge in [-0.05, 0) is 43.0 Å². The van der Waals surface area contributed by atoms with Gasteiger partial charge in [0.2, 0.25) is 5.91 Å². The molecule has 0 aliphatic carbocycles. The second-order valence-corrected chi connectivity index (χ2v) is 6.02. The zero-order chi connectivity index (χ0) is 15.9. The molecule has 1 aliphatic rings. The van der Waals surface area contributed by atoms with Crippen LogP contribution in [0.3, 0.4) is 0 Å². The van der Waals surface area contributed by atoms with Crippen molar-refractivity contribution in [1.29, 1.82) is 0 Å². The molecule has 0 spiro atoms. The van der Waals surface area contributed by atoms with Crippen LogP contribution in [0.2, 0.25) is 5.02 Å². The molecular weight excluding hydrogens is 304 g/mol. The lowest BCUT2D eigenvalue weighted by molar-refractivity contribution is -0.134. The van der Waals surface area contributed by atoms with E-state index in [9.17, 15) is 9.59 Å². The maximum absolute atomic E-state index is 12.0. The molecular formula is C16H21ClN2O3. The highest BCUT2D eigenvalue weighted by Gasteiger charge is 2.20. The Bertz CT molecular complexity index is 511. The Morgan fingerprint density at radius 1 is 1.27 bits per heavy atom. The molecule has 0 bridgehead atoms. The number of carbonyl (C=O) groups is 2.